The number of nitrogens with one attached hydrogen (secondary N) is 2. The van der Waals surface area contributed by atoms with Crippen molar-refractivity contribution >= 4 is 34.9 Å². The van der Waals surface area contributed by atoms with Gasteiger partial charge in [-0.1, -0.05) is 35.9 Å². The zero-order valence-electron chi connectivity index (χ0n) is 16.6. The Kier molecular flexibility index (Phi) is 5.81. The Hall–Kier alpha value is -3.91. The average Bonchev–Trinajstić information content (AvgIpc) is 3.38. The fraction of sp³-hybridized carbons (Fsp3) is 0.0909. The molecule has 2 amide bonds. The summed E-state index contributed by atoms with van der Waals surface area (Å²) >= 11 is 6.08. The number of nitrogens with zero attached hydrogens (tertiary/aromatic N) is 4. The summed E-state index contributed by atoms with van der Waals surface area (Å²) in [5, 5.41) is 10.1. The van der Waals surface area contributed by atoms with Gasteiger partial charge in [0.05, 0.1) is 16.9 Å². The second-order valence-electron chi connectivity index (χ2n) is 6.86. The van der Waals surface area contributed by atoms with E-state index in [4.69, 9.17) is 11.6 Å². The maximum Gasteiger partial charge on any atom is 0.276 e. The number of benzene rings is 2. The van der Waals surface area contributed by atoms with Crippen LogP contribution in [0.5, 0.6) is 0 Å². The van der Waals surface area contributed by atoms with Gasteiger partial charge in [0, 0.05) is 37.7 Å². The number of carbonyl (C=O) groups excluding carboxylic acids is 2. The first-order chi connectivity index (χ1) is 15.0. The quantitative estimate of drug-likeness (QED) is 0.482. The lowest BCUT2D eigenvalue weighted by Gasteiger charge is -2.07. The molecule has 0 fully saturated rings. The van der Waals surface area contributed by atoms with Crippen LogP contribution in [0.4, 0.5) is 11.5 Å². The lowest BCUT2D eigenvalue weighted by Crippen LogP contribution is -2.14. The molecule has 2 aromatic heterocycles. The van der Waals surface area contributed by atoms with E-state index in [0.29, 0.717) is 28.6 Å². The Morgan fingerprint density at radius 3 is 2.65 bits per heavy atom. The second-order valence-corrected chi connectivity index (χ2v) is 7.27. The van der Waals surface area contributed by atoms with E-state index in [9.17, 15) is 9.59 Å². The third-order valence-electron chi connectivity index (χ3n) is 4.58. The molecule has 4 aromatic rings. The lowest BCUT2D eigenvalue weighted by atomic mass is 10.2. The summed E-state index contributed by atoms with van der Waals surface area (Å²) in [6, 6.07) is 15.8. The summed E-state index contributed by atoms with van der Waals surface area (Å²) in [5.74, 6) is -0.384. The normalized spacial score (nSPS) is 10.6. The van der Waals surface area contributed by atoms with Crippen molar-refractivity contribution in [3.63, 3.8) is 0 Å². The number of hydrogen-bond acceptors (Lipinski definition) is 4. The molecule has 0 atom stereocenters. The van der Waals surface area contributed by atoms with Crippen LogP contribution in [0.1, 0.15) is 26.4 Å². The van der Waals surface area contributed by atoms with E-state index in [1.54, 1.807) is 49.9 Å². The molecule has 2 N–H and O–H groups in total. The van der Waals surface area contributed by atoms with Gasteiger partial charge in [-0.25, -0.2) is 4.98 Å². The minimum Gasteiger partial charge on any atom is -0.333 e. The Bertz CT molecular complexity index is 1230. The van der Waals surface area contributed by atoms with Gasteiger partial charge in [0.2, 0.25) is 0 Å². The fourth-order valence-corrected chi connectivity index (χ4v) is 3.28. The van der Waals surface area contributed by atoms with Crippen LogP contribution in [0.15, 0.2) is 73.3 Å². The zero-order valence-corrected chi connectivity index (χ0v) is 17.4. The molecule has 0 radical (unpaired) electrons. The van der Waals surface area contributed by atoms with Gasteiger partial charge in [-0.2, -0.15) is 5.10 Å². The second kappa shape index (κ2) is 8.85. The van der Waals surface area contributed by atoms with Crippen LogP contribution in [0, 0.1) is 0 Å². The van der Waals surface area contributed by atoms with E-state index in [1.165, 1.54) is 10.7 Å². The Labute approximate surface area is 183 Å². The highest BCUT2D eigenvalue weighted by atomic mass is 35.5. The van der Waals surface area contributed by atoms with Gasteiger partial charge in [-0.15, -0.1) is 0 Å². The van der Waals surface area contributed by atoms with Gasteiger partial charge in [-0.3, -0.25) is 14.3 Å². The molecule has 0 saturated carbocycles. The molecule has 8 nitrogen and oxygen atoms in total. The molecule has 2 aromatic carbocycles. The highest BCUT2D eigenvalue weighted by molar-refractivity contribution is 6.34. The van der Waals surface area contributed by atoms with Gasteiger partial charge in [0.15, 0.2) is 5.69 Å². The predicted octanol–water partition coefficient (Wildman–Crippen LogP) is 3.82. The lowest BCUT2D eigenvalue weighted by molar-refractivity contribution is 0.101. The fourth-order valence-electron chi connectivity index (χ4n) is 3.06. The van der Waals surface area contributed by atoms with Crippen LogP contribution in [-0.2, 0) is 13.6 Å². The number of carbonyl (C=O) groups is 2. The summed E-state index contributed by atoms with van der Waals surface area (Å²) in [6.07, 6.45) is 5.32. The number of aryl methyl sites for hydroxylation is 1. The van der Waals surface area contributed by atoms with Crippen molar-refractivity contribution in [2.24, 2.45) is 7.05 Å². The predicted molar refractivity (Wildman–Crippen MR) is 118 cm³/mol. The van der Waals surface area contributed by atoms with Crippen molar-refractivity contribution in [1.82, 2.24) is 19.3 Å². The van der Waals surface area contributed by atoms with Crippen molar-refractivity contribution in [3.8, 4) is 0 Å². The number of imidazole rings is 1. The minimum absolute atomic E-state index is 0.178. The molecule has 0 aliphatic carbocycles. The van der Waals surface area contributed by atoms with Gasteiger partial charge in [0.1, 0.15) is 5.82 Å². The highest BCUT2D eigenvalue weighted by Gasteiger charge is 2.16. The molecule has 2 heterocycles. The minimum atomic E-state index is -0.382. The zero-order chi connectivity index (χ0) is 21.8. The molecular formula is C22H19ClN6O2. The first kappa shape index (κ1) is 20.4. The first-order valence-electron chi connectivity index (χ1n) is 9.45. The number of hydrogen-bond donors (Lipinski definition) is 2. The molecule has 4 rings (SSSR count). The van der Waals surface area contributed by atoms with Crippen LogP contribution in [0.3, 0.4) is 0 Å². The van der Waals surface area contributed by atoms with Crippen molar-refractivity contribution < 1.29 is 9.59 Å². The van der Waals surface area contributed by atoms with E-state index < -0.39 is 0 Å². The maximum atomic E-state index is 12.7. The van der Waals surface area contributed by atoms with Crippen molar-refractivity contribution in [2.45, 2.75) is 6.54 Å². The molecular weight excluding hydrogens is 416 g/mol. The first-order valence-corrected chi connectivity index (χ1v) is 9.83. The van der Waals surface area contributed by atoms with Crippen LogP contribution in [-0.4, -0.2) is 31.1 Å². The van der Waals surface area contributed by atoms with Crippen LogP contribution < -0.4 is 10.6 Å². The molecule has 0 unspecified atom stereocenters. The summed E-state index contributed by atoms with van der Waals surface area (Å²) < 4.78 is 3.37. The molecule has 31 heavy (non-hydrogen) atoms. The van der Waals surface area contributed by atoms with Gasteiger partial charge in [0.25, 0.3) is 11.8 Å². The molecule has 0 saturated heterocycles. The van der Waals surface area contributed by atoms with Gasteiger partial charge < -0.3 is 15.2 Å². The number of rotatable bonds is 6. The van der Waals surface area contributed by atoms with E-state index in [2.05, 4.69) is 20.7 Å². The summed E-state index contributed by atoms with van der Waals surface area (Å²) in [4.78, 5) is 29.2. The maximum absolute atomic E-state index is 12.7. The molecule has 0 spiro atoms. The molecule has 0 bridgehead atoms. The van der Waals surface area contributed by atoms with Crippen LogP contribution >= 0.6 is 11.6 Å². The SMILES string of the molecule is Cn1nc(C(=O)Nc2cccc(Cn3ccnc3)c2)cc1NC(=O)c1ccccc1Cl. The molecule has 156 valence electrons. The van der Waals surface area contributed by atoms with Gasteiger partial charge in [-0.05, 0) is 29.8 Å². The third-order valence-corrected chi connectivity index (χ3v) is 4.91. The molecule has 9 heteroatoms. The smallest absolute Gasteiger partial charge is 0.276 e. The van der Waals surface area contributed by atoms with Crippen LogP contribution in [0.2, 0.25) is 5.02 Å². The van der Waals surface area contributed by atoms with Crippen molar-refractivity contribution in [2.75, 3.05) is 10.6 Å². The van der Waals surface area contributed by atoms with E-state index >= 15 is 0 Å². The van der Waals surface area contributed by atoms with Crippen molar-refractivity contribution in [1.29, 1.82) is 0 Å². The number of anilines is 2. The Morgan fingerprint density at radius 1 is 1.03 bits per heavy atom. The van der Waals surface area contributed by atoms with E-state index in [1.807, 2.05) is 29.0 Å². The van der Waals surface area contributed by atoms with Crippen molar-refractivity contribution in [3.05, 3.63) is 95.2 Å². The molecule has 0 aliphatic heterocycles. The number of amides is 2. The number of aromatic nitrogens is 4. The summed E-state index contributed by atoms with van der Waals surface area (Å²) in [7, 11) is 1.64. The Balaban J connectivity index is 1.45. The monoisotopic (exact) mass is 434 g/mol. The van der Waals surface area contributed by atoms with Gasteiger partial charge >= 0.3 is 0 Å². The standard InChI is InChI=1S/C22H19ClN6O2/c1-28-20(26-21(30)17-7-2-3-8-18(17)23)12-19(27-28)22(31)25-16-6-4-5-15(11-16)13-29-10-9-24-14-29/h2-12,14H,13H2,1H3,(H,25,31)(H,26,30). The van der Waals surface area contributed by atoms with Crippen LogP contribution in [0.25, 0.3) is 0 Å². The number of halogens is 1. The summed E-state index contributed by atoms with van der Waals surface area (Å²) in [6.45, 7) is 0.644. The molecule has 0 aliphatic rings. The topological polar surface area (TPSA) is 93.8 Å². The Morgan fingerprint density at radius 2 is 1.87 bits per heavy atom. The van der Waals surface area contributed by atoms with E-state index in [0.717, 1.165) is 5.56 Å². The third kappa shape index (κ3) is 4.81. The summed E-state index contributed by atoms with van der Waals surface area (Å²) in [5.41, 5.74) is 2.18. The van der Waals surface area contributed by atoms with E-state index in [-0.39, 0.29) is 17.5 Å². The average molecular weight is 435 g/mol. The largest absolute Gasteiger partial charge is 0.333 e. The highest BCUT2D eigenvalue weighted by Crippen LogP contribution is 2.18.